The first kappa shape index (κ1) is 13.3. The molecule has 2 rings (SSSR count). The highest BCUT2D eigenvalue weighted by molar-refractivity contribution is 6.52. The Hall–Kier alpha value is -1.13. The summed E-state index contributed by atoms with van der Waals surface area (Å²) in [5.41, 5.74) is 1.71. The van der Waals surface area contributed by atoms with Gasteiger partial charge in [0.15, 0.2) is 0 Å². The van der Waals surface area contributed by atoms with Crippen LogP contribution in [0.2, 0.25) is 0 Å². The Morgan fingerprint density at radius 3 is 2.33 bits per heavy atom. The quantitative estimate of drug-likeness (QED) is 0.750. The van der Waals surface area contributed by atoms with Gasteiger partial charge >= 0.3 is 7.12 Å². The third kappa shape index (κ3) is 2.50. The molecule has 1 aliphatic rings. The predicted octanol–water partition coefficient (Wildman–Crippen LogP) is 3.03. The zero-order valence-electron chi connectivity index (χ0n) is 11.7. The minimum atomic E-state index is -0.297. The normalized spacial score (nSPS) is 21.7. The summed E-state index contributed by atoms with van der Waals surface area (Å²) in [5.74, 6) is 1.94. The summed E-state index contributed by atoms with van der Waals surface area (Å²) in [5, 5.41) is 0. The fraction of sp³-hybridized carbons (Fsp3) is 0.500. The number of hydrogen-bond acceptors (Lipinski definition) is 3. The fourth-order valence-corrected chi connectivity index (χ4v) is 1.80. The highest BCUT2D eigenvalue weighted by Gasteiger charge is 2.49. The molecule has 0 amide bonds. The molecule has 0 saturated carbocycles. The predicted molar refractivity (Wildman–Crippen MR) is 74.1 cm³/mol. The maximum Gasteiger partial charge on any atom is 0.487 e. The molecule has 1 aromatic rings. The van der Waals surface area contributed by atoms with Gasteiger partial charge in [-0.3, -0.25) is 4.98 Å². The van der Waals surface area contributed by atoms with E-state index in [2.05, 4.69) is 39.6 Å². The van der Waals surface area contributed by atoms with Gasteiger partial charge in [0.2, 0.25) is 0 Å². The van der Waals surface area contributed by atoms with E-state index in [4.69, 9.17) is 9.31 Å². The highest BCUT2D eigenvalue weighted by atomic mass is 16.7. The average Bonchev–Trinajstić information content (AvgIpc) is 2.46. The van der Waals surface area contributed by atoms with Crippen molar-refractivity contribution in [3.05, 3.63) is 35.6 Å². The van der Waals surface area contributed by atoms with Gasteiger partial charge in [0.1, 0.15) is 0 Å². The number of aromatic nitrogens is 1. The molecule has 4 heteroatoms. The molecule has 3 nitrogen and oxygen atoms in total. The molecular weight excluding hydrogens is 225 g/mol. The topological polar surface area (TPSA) is 31.4 Å². The fourth-order valence-electron chi connectivity index (χ4n) is 1.80. The largest absolute Gasteiger partial charge is 0.487 e. The van der Waals surface area contributed by atoms with Crippen LogP contribution in [0.3, 0.4) is 0 Å². The number of aryl methyl sites for hydroxylation is 1. The minimum Gasteiger partial charge on any atom is -0.400 e. The average molecular weight is 245 g/mol. The van der Waals surface area contributed by atoms with E-state index in [0.717, 1.165) is 5.56 Å². The molecule has 0 aliphatic carbocycles. The number of pyridine rings is 1. The van der Waals surface area contributed by atoms with Crippen molar-refractivity contribution in [3.63, 3.8) is 0 Å². The first-order chi connectivity index (χ1) is 8.32. The van der Waals surface area contributed by atoms with E-state index in [1.54, 1.807) is 6.20 Å². The van der Waals surface area contributed by atoms with Crippen LogP contribution in [-0.4, -0.2) is 23.3 Å². The highest BCUT2D eigenvalue weighted by Crippen LogP contribution is 2.37. The van der Waals surface area contributed by atoms with Crippen molar-refractivity contribution in [2.24, 2.45) is 0 Å². The van der Waals surface area contributed by atoms with Crippen LogP contribution in [0.15, 0.2) is 24.4 Å². The van der Waals surface area contributed by atoms with Gasteiger partial charge in [-0.2, -0.15) is 0 Å². The molecule has 1 aromatic heterocycles. The van der Waals surface area contributed by atoms with Crippen molar-refractivity contribution < 1.29 is 9.31 Å². The zero-order chi connectivity index (χ0) is 13.4. The first-order valence-electron chi connectivity index (χ1n) is 6.26. The van der Waals surface area contributed by atoms with Crippen LogP contribution in [0, 0.1) is 6.92 Å². The lowest BCUT2D eigenvalue weighted by molar-refractivity contribution is 0.00578. The molecule has 2 heterocycles. The minimum absolute atomic E-state index is 0.286. The van der Waals surface area contributed by atoms with E-state index in [1.807, 2.05) is 24.3 Å². The Kier molecular flexibility index (Phi) is 3.34. The molecule has 1 saturated heterocycles. The van der Waals surface area contributed by atoms with E-state index in [9.17, 15) is 0 Å². The summed E-state index contributed by atoms with van der Waals surface area (Å²) in [7, 11) is -0.297. The van der Waals surface area contributed by atoms with Crippen molar-refractivity contribution in [2.45, 2.75) is 45.8 Å². The Balaban J connectivity index is 2.11. The lowest BCUT2D eigenvalue weighted by atomic mass is 9.89. The van der Waals surface area contributed by atoms with Crippen molar-refractivity contribution in [1.82, 2.24) is 4.98 Å². The van der Waals surface area contributed by atoms with Crippen LogP contribution in [0.1, 0.15) is 38.8 Å². The number of hydrogen-bond donors (Lipinski definition) is 0. The SMILES string of the molecule is Cc1ccncc1/C=C/B1OC(C)(C)C(C)(C)O1. The zero-order valence-corrected chi connectivity index (χ0v) is 11.7. The van der Waals surface area contributed by atoms with Crippen molar-refractivity contribution in [1.29, 1.82) is 0 Å². The second kappa shape index (κ2) is 4.52. The molecule has 0 spiro atoms. The van der Waals surface area contributed by atoms with E-state index in [1.165, 1.54) is 5.56 Å². The maximum absolute atomic E-state index is 5.90. The first-order valence-corrected chi connectivity index (χ1v) is 6.26. The molecular formula is C14H20BNO2. The van der Waals surface area contributed by atoms with Crippen molar-refractivity contribution in [3.8, 4) is 0 Å². The van der Waals surface area contributed by atoms with E-state index in [-0.39, 0.29) is 18.3 Å². The molecule has 0 aromatic carbocycles. The van der Waals surface area contributed by atoms with Crippen molar-refractivity contribution in [2.75, 3.05) is 0 Å². The molecule has 0 atom stereocenters. The van der Waals surface area contributed by atoms with Gasteiger partial charge in [-0.15, -0.1) is 0 Å². The molecule has 0 radical (unpaired) electrons. The molecule has 0 unspecified atom stereocenters. The third-order valence-corrected chi connectivity index (χ3v) is 3.78. The summed E-state index contributed by atoms with van der Waals surface area (Å²) in [6.07, 6.45) is 5.64. The molecule has 1 aliphatic heterocycles. The lowest BCUT2D eigenvalue weighted by Crippen LogP contribution is -2.41. The summed E-state index contributed by atoms with van der Waals surface area (Å²) in [6, 6.07) is 1.99. The molecule has 96 valence electrons. The number of rotatable bonds is 2. The van der Waals surface area contributed by atoms with Gasteiger partial charge in [0.25, 0.3) is 0 Å². The van der Waals surface area contributed by atoms with Gasteiger partial charge in [-0.05, 0) is 51.8 Å². The van der Waals surface area contributed by atoms with Crippen LogP contribution in [-0.2, 0) is 9.31 Å². The Morgan fingerprint density at radius 1 is 1.17 bits per heavy atom. The van der Waals surface area contributed by atoms with Gasteiger partial charge < -0.3 is 9.31 Å². The van der Waals surface area contributed by atoms with E-state index < -0.39 is 0 Å². The van der Waals surface area contributed by atoms with E-state index >= 15 is 0 Å². The van der Waals surface area contributed by atoms with Crippen LogP contribution in [0.4, 0.5) is 0 Å². The van der Waals surface area contributed by atoms with Gasteiger partial charge in [-0.1, -0.05) is 12.1 Å². The Labute approximate surface area is 109 Å². The standard InChI is InChI=1S/C14H20BNO2/c1-11-7-9-16-10-12(11)6-8-15-17-13(2,3)14(4,5)18-15/h6-10H,1-5H3/b8-6+. The summed E-state index contributed by atoms with van der Waals surface area (Å²) in [4.78, 5) is 4.12. The second-order valence-electron chi connectivity index (χ2n) is 5.72. The lowest BCUT2D eigenvalue weighted by Gasteiger charge is -2.32. The maximum atomic E-state index is 5.90. The van der Waals surface area contributed by atoms with Crippen LogP contribution < -0.4 is 0 Å². The van der Waals surface area contributed by atoms with Crippen LogP contribution in [0.5, 0.6) is 0 Å². The van der Waals surface area contributed by atoms with E-state index in [0.29, 0.717) is 0 Å². The van der Waals surface area contributed by atoms with Crippen LogP contribution >= 0.6 is 0 Å². The number of nitrogens with zero attached hydrogens (tertiary/aromatic N) is 1. The Morgan fingerprint density at radius 2 is 1.78 bits per heavy atom. The Bertz CT molecular complexity index is 453. The van der Waals surface area contributed by atoms with Gasteiger partial charge in [-0.25, -0.2) is 0 Å². The molecule has 0 bridgehead atoms. The third-order valence-electron chi connectivity index (χ3n) is 3.78. The van der Waals surface area contributed by atoms with Crippen molar-refractivity contribution >= 4 is 13.2 Å². The summed E-state index contributed by atoms with van der Waals surface area (Å²) < 4.78 is 11.8. The monoisotopic (exact) mass is 245 g/mol. The van der Waals surface area contributed by atoms with Gasteiger partial charge in [0.05, 0.1) is 11.2 Å². The second-order valence-corrected chi connectivity index (χ2v) is 5.72. The van der Waals surface area contributed by atoms with Gasteiger partial charge in [0, 0.05) is 12.4 Å². The molecule has 1 fully saturated rings. The molecule has 18 heavy (non-hydrogen) atoms. The summed E-state index contributed by atoms with van der Waals surface area (Å²) in [6.45, 7) is 10.3. The molecule has 0 N–H and O–H groups in total. The van der Waals surface area contributed by atoms with Crippen LogP contribution in [0.25, 0.3) is 6.08 Å². The smallest absolute Gasteiger partial charge is 0.400 e. The summed E-state index contributed by atoms with van der Waals surface area (Å²) >= 11 is 0.